The first kappa shape index (κ1) is 13.0. The van der Waals surface area contributed by atoms with E-state index in [1.807, 2.05) is 31.5 Å². The number of halogens is 1. The molecule has 1 atom stereocenters. The Morgan fingerprint density at radius 2 is 2.00 bits per heavy atom. The summed E-state index contributed by atoms with van der Waals surface area (Å²) in [6.45, 7) is 4.98. The predicted molar refractivity (Wildman–Crippen MR) is 73.7 cm³/mol. The predicted octanol–water partition coefficient (Wildman–Crippen LogP) is 3.14. The zero-order valence-electron chi connectivity index (χ0n) is 10.5. The third-order valence-corrected chi connectivity index (χ3v) is 3.35. The van der Waals surface area contributed by atoms with Crippen LogP contribution in [0.3, 0.4) is 0 Å². The smallest absolute Gasteiger partial charge is 0.115 e. The van der Waals surface area contributed by atoms with Crippen molar-refractivity contribution in [1.29, 1.82) is 0 Å². The van der Waals surface area contributed by atoms with Crippen LogP contribution in [0.25, 0.3) is 0 Å². The van der Waals surface area contributed by atoms with E-state index in [0.29, 0.717) is 0 Å². The summed E-state index contributed by atoms with van der Waals surface area (Å²) < 4.78 is 0. The number of hydrogen-bond acceptors (Lipinski definition) is 3. The highest BCUT2D eigenvalue weighted by molar-refractivity contribution is 6.31. The van der Waals surface area contributed by atoms with Gasteiger partial charge < -0.3 is 5.32 Å². The fourth-order valence-corrected chi connectivity index (χ4v) is 2.19. The van der Waals surface area contributed by atoms with Crippen LogP contribution in [0.4, 0.5) is 0 Å². The van der Waals surface area contributed by atoms with Gasteiger partial charge in [0.1, 0.15) is 6.33 Å². The summed E-state index contributed by atoms with van der Waals surface area (Å²) in [4.78, 5) is 8.16. The van der Waals surface area contributed by atoms with E-state index in [2.05, 4.69) is 28.3 Å². The molecule has 0 spiro atoms. The van der Waals surface area contributed by atoms with Crippen LogP contribution < -0.4 is 5.32 Å². The summed E-state index contributed by atoms with van der Waals surface area (Å²) in [5.74, 6) is 0. The van der Waals surface area contributed by atoms with Crippen molar-refractivity contribution in [1.82, 2.24) is 15.3 Å². The van der Waals surface area contributed by atoms with Crippen LogP contribution in [-0.4, -0.2) is 16.5 Å². The number of rotatable bonds is 4. The minimum atomic E-state index is 0.0786. The van der Waals surface area contributed by atoms with E-state index in [9.17, 15) is 0 Å². The molecule has 2 rings (SSSR count). The maximum Gasteiger partial charge on any atom is 0.115 e. The quantitative estimate of drug-likeness (QED) is 0.919. The van der Waals surface area contributed by atoms with Crippen molar-refractivity contribution in [3.63, 3.8) is 0 Å². The average Bonchev–Trinajstić information content (AvgIpc) is 2.41. The van der Waals surface area contributed by atoms with E-state index < -0.39 is 0 Å². The van der Waals surface area contributed by atoms with E-state index in [4.69, 9.17) is 11.6 Å². The van der Waals surface area contributed by atoms with E-state index in [-0.39, 0.29) is 6.04 Å². The van der Waals surface area contributed by atoms with Gasteiger partial charge in [-0.15, -0.1) is 0 Å². The van der Waals surface area contributed by atoms with Crippen molar-refractivity contribution in [3.05, 3.63) is 58.6 Å². The summed E-state index contributed by atoms with van der Waals surface area (Å²) in [7, 11) is 0. The van der Waals surface area contributed by atoms with Gasteiger partial charge in [-0.2, -0.15) is 0 Å². The highest BCUT2D eigenvalue weighted by Crippen LogP contribution is 2.28. The summed E-state index contributed by atoms with van der Waals surface area (Å²) in [5.41, 5.74) is 3.30. The Morgan fingerprint density at radius 3 is 2.67 bits per heavy atom. The van der Waals surface area contributed by atoms with Gasteiger partial charge in [-0.25, -0.2) is 9.97 Å². The van der Waals surface area contributed by atoms with Crippen LogP contribution in [0, 0.1) is 6.92 Å². The van der Waals surface area contributed by atoms with Crippen LogP contribution in [0.1, 0.15) is 29.7 Å². The molecule has 1 unspecified atom stereocenters. The van der Waals surface area contributed by atoms with Gasteiger partial charge in [0.05, 0.1) is 6.04 Å². The molecule has 94 valence electrons. The van der Waals surface area contributed by atoms with Gasteiger partial charge in [0.15, 0.2) is 0 Å². The van der Waals surface area contributed by atoms with Crippen molar-refractivity contribution in [2.24, 2.45) is 0 Å². The summed E-state index contributed by atoms with van der Waals surface area (Å²) in [5, 5.41) is 4.23. The second-order valence-corrected chi connectivity index (χ2v) is 4.52. The number of benzene rings is 1. The lowest BCUT2D eigenvalue weighted by Gasteiger charge is -2.20. The highest BCUT2D eigenvalue weighted by Gasteiger charge is 2.16. The van der Waals surface area contributed by atoms with Gasteiger partial charge in [-0.1, -0.05) is 30.7 Å². The number of nitrogens with zero attached hydrogens (tertiary/aromatic N) is 2. The van der Waals surface area contributed by atoms with E-state index in [1.165, 1.54) is 11.9 Å². The third-order valence-electron chi connectivity index (χ3n) is 2.94. The molecule has 0 saturated heterocycles. The molecule has 2 aromatic rings. The lowest BCUT2D eigenvalue weighted by atomic mass is 9.97. The number of hydrogen-bond donors (Lipinski definition) is 1. The molecule has 0 aliphatic rings. The molecule has 0 amide bonds. The Hall–Kier alpha value is -1.45. The minimum Gasteiger partial charge on any atom is -0.306 e. The standard InChI is InChI=1S/C14H16ClN3/c1-3-18-14(11-7-16-9-17-8-11)12-5-4-6-13(15)10(12)2/h4-9,14,18H,3H2,1-2H3. The molecule has 1 aromatic carbocycles. The topological polar surface area (TPSA) is 37.8 Å². The fourth-order valence-electron chi connectivity index (χ4n) is 2.01. The molecule has 3 nitrogen and oxygen atoms in total. The number of aromatic nitrogens is 2. The van der Waals surface area contributed by atoms with Gasteiger partial charge in [0, 0.05) is 23.0 Å². The number of nitrogens with one attached hydrogen (secondary N) is 1. The fraction of sp³-hybridized carbons (Fsp3) is 0.286. The normalized spacial score (nSPS) is 12.4. The Bertz CT molecular complexity index is 514. The van der Waals surface area contributed by atoms with E-state index in [0.717, 1.165) is 22.7 Å². The molecule has 0 radical (unpaired) electrons. The molecule has 1 aromatic heterocycles. The second-order valence-electron chi connectivity index (χ2n) is 4.12. The summed E-state index contributed by atoms with van der Waals surface area (Å²) in [6, 6.07) is 6.04. The van der Waals surface area contributed by atoms with E-state index >= 15 is 0 Å². The van der Waals surface area contributed by atoms with Crippen LogP contribution in [0.2, 0.25) is 5.02 Å². The average molecular weight is 262 g/mol. The van der Waals surface area contributed by atoms with Gasteiger partial charge in [-0.3, -0.25) is 0 Å². The molecule has 4 heteroatoms. The molecule has 0 bridgehead atoms. The Morgan fingerprint density at radius 1 is 1.28 bits per heavy atom. The molecular weight excluding hydrogens is 246 g/mol. The molecule has 0 aliphatic carbocycles. The van der Waals surface area contributed by atoms with E-state index in [1.54, 1.807) is 0 Å². The van der Waals surface area contributed by atoms with Crippen molar-refractivity contribution in [3.8, 4) is 0 Å². The largest absolute Gasteiger partial charge is 0.306 e. The SMILES string of the molecule is CCNC(c1cncnc1)c1cccc(Cl)c1C. The van der Waals surface area contributed by atoms with Crippen molar-refractivity contribution < 1.29 is 0 Å². The Labute approximate surface area is 112 Å². The second kappa shape index (κ2) is 5.94. The molecule has 1 N–H and O–H groups in total. The van der Waals surface area contributed by atoms with Gasteiger partial charge in [0.25, 0.3) is 0 Å². The zero-order valence-corrected chi connectivity index (χ0v) is 11.3. The molecule has 0 aliphatic heterocycles. The molecule has 18 heavy (non-hydrogen) atoms. The Balaban J connectivity index is 2.45. The maximum absolute atomic E-state index is 6.19. The maximum atomic E-state index is 6.19. The molecule has 1 heterocycles. The van der Waals surface area contributed by atoms with Gasteiger partial charge in [0.2, 0.25) is 0 Å². The van der Waals surface area contributed by atoms with Crippen LogP contribution in [0.5, 0.6) is 0 Å². The van der Waals surface area contributed by atoms with Crippen molar-refractivity contribution >= 4 is 11.6 Å². The van der Waals surface area contributed by atoms with Crippen LogP contribution in [0.15, 0.2) is 36.9 Å². The third kappa shape index (κ3) is 2.68. The zero-order chi connectivity index (χ0) is 13.0. The monoisotopic (exact) mass is 261 g/mol. The van der Waals surface area contributed by atoms with Crippen molar-refractivity contribution in [2.45, 2.75) is 19.9 Å². The lowest BCUT2D eigenvalue weighted by molar-refractivity contribution is 0.623. The summed E-state index contributed by atoms with van der Waals surface area (Å²) in [6.07, 6.45) is 5.21. The van der Waals surface area contributed by atoms with Gasteiger partial charge in [-0.05, 0) is 30.7 Å². The molecule has 0 fully saturated rings. The Kier molecular flexibility index (Phi) is 4.28. The first-order valence-electron chi connectivity index (χ1n) is 5.97. The highest BCUT2D eigenvalue weighted by atomic mass is 35.5. The van der Waals surface area contributed by atoms with Gasteiger partial charge >= 0.3 is 0 Å². The first-order chi connectivity index (χ1) is 8.74. The van der Waals surface area contributed by atoms with Crippen molar-refractivity contribution in [2.75, 3.05) is 6.54 Å². The first-order valence-corrected chi connectivity index (χ1v) is 6.35. The lowest BCUT2D eigenvalue weighted by Crippen LogP contribution is -2.23. The summed E-state index contributed by atoms with van der Waals surface area (Å²) >= 11 is 6.19. The molecule has 0 saturated carbocycles. The van der Waals surface area contributed by atoms with Crippen LogP contribution in [-0.2, 0) is 0 Å². The minimum absolute atomic E-state index is 0.0786. The van der Waals surface area contributed by atoms with Crippen LogP contribution >= 0.6 is 11.6 Å². The molecular formula is C14H16ClN3.